The molecule has 0 saturated carbocycles. The summed E-state index contributed by atoms with van der Waals surface area (Å²) in [6, 6.07) is 6.91. The number of halogens is 3. The van der Waals surface area contributed by atoms with E-state index in [2.05, 4.69) is 9.83 Å². The normalized spacial score (nSPS) is 10.1. The first-order valence-corrected chi connectivity index (χ1v) is 5.46. The summed E-state index contributed by atoms with van der Waals surface area (Å²) in [7, 11) is 0. The summed E-state index contributed by atoms with van der Waals surface area (Å²) >= 11 is 17.6. The van der Waals surface area contributed by atoms with E-state index in [0.717, 1.165) is 11.3 Å². The molecule has 2 rings (SSSR count). The molecule has 2 aromatic rings. The van der Waals surface area contributed by atoms with Gasteiger partial charge in [0.2, 0.25) is 5.69 Å². The Kier molecular flexibility index (Phi) is 3.11. The Morgan fingerprint density at radius 1 is 1.06 bits per heavy atom. The molecule has 1 aromatic carbocycles. The number of H-pyrrole nitrogens is 1. The summed E-state index contributed by atoms with van der Waals surface area (Å²) in [5.41, 5.74) is 1.98. The molecule has 0 amide bonds. The van der Waals surface area contributed by atoms with Gasteiger partial charge in [-0.3, -0.25) is 0 Å². The van der Waals surface area contributed by atoms with Crippen LogP contribution in [0.4, 0.5) is 5.69 Å². The Hall–Kier alpha value is -1.14. The molecule has 0 aliphatic carbocycles. The number of benzene rings is 1. The molecule has 1 N–H and O–H groups in total. The second-order valence-corrected chi connectivity index (χ2v) is 4.32. The highest BCUT2D eigenvalue weighted by molar-refractivity contribution is 6.42. The fourth-order valence-electron chi connectivity index (χ4n) is 1.32. The van der Waals surface area contributed by atoms with Crippen molar-refractivity contribution in [2.75, 3.05) is 0 Å². The predicted octanol–water partition coefficient (Wildman–Crippen LogP) is 5.19. The van der Waals surface area contributed by atoms with Crippen molar-refractivity contribution in [2.45, 2.75) is 0 Å². The maximum atomic E-state index is 6.91. The molecule has 5 heteroatoms. The van der Waals surface area contributed by atoms with E-state index in [1.165, 1.54) is 0 Å². The van der Waals surface area contributed by atoms with Crippen molar-refractivity contribution < 1.29 is 0 Å². The first-order valence-electron chi connectivity index (χ1n) is 4.33. The fourth-order valence-corrected chi connectivity index (χ4v) is 1.82. The summed E-state index contributed by atoms with van der Waals surface area (Å²) in [4.78, 5) is 6.19. The molecule has 0 saturated heterocycles. The number of aromatic nitrogens is 1. The van der Waals surface area contributed by atoms with E-state index >= 15 is 0 Å². The number of rotatable bonds is 1. The average Bonchev–Trinajstić information content (AvgIpc) is 2.64. The van der Waals surface area contributed by atoms with Gasteiger partial charge in [0.05, 0.1) is 16.6 Å². The van der Waals surface area contributed by atoms with Crippen LogP contribution in [0.25, 0.3) is 16.1 Å². The van der Waals surface area contributed by atoms with Crippen molar-refractivity contribution in [3.8, 4) is 11.3 Å². The minimum absolute atomic E-state index is 0.330. The molecule has 1 aromatic heterocycles. The zero-order chi connectivity index (χ0) is 11.7. The summed E-state index contributed by atoms with van der Waals surface area (Å²) < 4.78 is 0. The van der Waals surface area contributed by atoms with Gasteiger partial charge in [-0.15, -0.1) is 0 Å². The van der Waals surface area contributed by atoms with Gasteiger partial charge >= 0.3 is 0 Å². The molecule has 0 bridgehead atoms. The minimum Gasteiger partial charge on any atom is -0.355 e. The van der Waals surface area contributed by atoms with E-state index in [4.69, 9.17) is 41.4 Å². The van der Waals surface area contributed by atoms with Gasteiger partial charge in [0, 0.05) is 5.69 Å². The summed E-state index contributed by atoms with van der Waals surface area (Å²) in [6.45, 7) is 6.91. The highest BCUT2D eigenvalue weighted by Gasteiger charge is 2.08. The van der Waals surface area contributed by atoms with Crippen LogP contribution in [-0.2, 0) is 0 Å². The fraction of sp³-hybridized carbons (Fsp3) is 0. The second kappa shape index (κ2) is 4.39. The lowest BCUT2D eigenvalue weighted by atomic mass is 10.1. The molecule has 0 atom stereocenters. The molecule has 0 unspecified atom stereocenters. The molecule has 0 aliphatic heterocycles. The highest BCUT2D eigenvalue weighted by Crippen LogP contribution is 2.33. The van der Waals surface area contributed by atoms with Gasteiger partial charge in [0.25, 0.3) is 0 Å². The molecule has 80 valence electrons. The van der Waals surface area contributed by atoms with Gasteiger partial charge in [-0.1, -0.05) is 40.9 Å². The highest BCUT2D eigenvalue weighted by atomic mass is 35.5. The summed E-state index contributed by atoms with van der Waals surface area (Å²) in [5.74, 6) is 0. The van der Waals surface area contributed by atoms with Crippen LogP contribution in [0, 0.1) is 6.57 Å². The molecule has 0 aliphatic rings. The second-order valence-electron chi connectivity index (χ2n) is 3.12. The standard InChI is InChI=1S/C11H5Cl3N2/c1-15-10-5-9(16-11(10)14)6-2-3-7(12)8(13)4-6/h2-5,16H. The summed E-state index contributed by atoms with van der Waals surface area (Å²) in [5, 5.41) is 1.29. The van der Waals surface area contributed by atoms with Crippen molar-refractivity contribution in [3.05, 3.63) is 50.9 Å². The molecule has 0 spiro atoms. The number of nitrogens with zero attached hydrogens (tertiary/aromatic N) is 1. The van der Waals surface area contributed by atoms with Crippen LogP contribution in [-0.4, -0.2) is 4.98 Å². The Morgan fingerprint density at radius 3 is 2.38 bits per heavy atom. The maximum Gasteiger partial charge on any atom is 0.223 e. The van der Waals surface area contributed by atoms with Gasteiger partial charge in [0.1, 0.15) is 5.15 Å². The van der Waals surface area contributed by atoms with Gasteiger partial charge in [-0.25, -0.2) is 4.85 Å². The third kappa shape index (κ3) is 2.03. The van der Waals surface area contributed by atoms with E-state index in [1.807, 2.05) is 6.07 Å². The first-order chi connectivity index (χ1) is 7.61. The third-order valence-electron chi connectivity index (χ3n) is 2.10. The molecular weight excluding hydrogens is 266 g/mol. The van der Waals surface area contributed by atoms with E-state index < -0.39 is 0 Å². The number of hydrogen-bond donors (Lipinski definition) is 1. The van der Waals surface area contributed by atoms with E-state index in [-0.39, 0.29) is 0 Å². The van der Waals surface area contributed by atoms with E-state index in [0.29, 0.717) is 20.9 Å². The Balaban J connectivity index is 2.51. The van der Waals surface area contributed by atoms with Gasteiger partial charge in [-0.05, 0) is 23.8 Å². The van der Waals surface area contributed by atoms with Crippen molar-refractivity contribution in [1.82, 2.24) is 4.98 Å². The number of hydrogen-bond acceptors (Lipinski definition) is 0. The molecule has 2 nitrogen and oxygen atoms in total. The molecule has 0 radical (unpaired) electrons. The van der Waals surface area contributed by atoms with Gasteiger partial charge in [0.15, 0.2) is 0 Å². The van der Waals surface area contributed by atoms with E-state index in [1.54, 1.807) is 18.2 Å². The average molecular weight is 272 g/mol. The predicted molar refractivity (Wildman–Crippen MR) is 67.5 cm³/mol. The van der Waals surface area contributed by atoms with Crippen LogP contribution in [0.1, 0.15) is 0 Å². The largest absolute Gasteiger partial charge is 0.355 e. The quantitative estimate of drug-likeness (QED) is 0.689. The smallest absolute Gasteiger partial charge is 0.223 e. The zero-order valence-corrected chi connectivity index (χ0v) is 10.2. The number of aromatic amines is 1. The lowest BCUT2D eigenvalue weighted by Crippen LogP contribution is -1.77. The van der Waals surface area contributed by atoms with Crippen LogP contribution < -0.4 is 0 Å². The van der Waals surface area contributed by atoms with Gasteiger partial charge < -0.3 is 4.98 Å². The Labute approximate surface area is 108 Å². The monoisotopic (exact) mass is 270 g/mol. The van der Waals surface area contributed by atoms with Crippen LogP contribution in [0.15, 0.2) is 24.3 Å². The molecule has 0 fully saturated rings. The van der Waals surface area contributed by atoms with Crippen molar-refractivity contribution >= 4 is 40.5 Å². The summed E-state index contributed by atoms with van der Waals surface area (Å²) in [6.07, 6.45) is 0. The van der Waals surface area contributed by atoms with Crippen molar-refractivity contribution in [2.24, 2.45) is 0 Å². The first kappa shape index (κ1) is 11.3. The topological polar surface area (TPSA) is 20.1 Å². The van der Waals surface area contributed by atoms with Gasteiger partial charge in [-0.2, -0.15) is 0 Å². The SMILES string of the molecule is [C-]#[N+]c1cc(-c2ccc(Cl)c(Cl)c2)[nH]c1Cl. The van der Waals surface area contributed by atoms with Crippen molar-refractivity contribution in [3.63, 3.8) is 0 Å². The van der Waals surface area contributed by atoms with E-state index in [9.17, 15) is 0 Å². The van der Waals surface area contributed by atoms with Crippen LogP contribution in [0.5, 0.6) is 0 Å². The maximum absolute atomic E-state index is 6.91. The minimum atomic E-state index is 0.330. The molecule has 1 heterocycles. The lowest BCUT2D eigenvalue weighted by Gasteiger charge is -2.00. The number of nitrogens with one attached hydrogen (secondary N) is 1. The van der Waals surface area contributed by atoms with Crippen LogP contribution >= 0.6 is 34.8 Å². The zero-order valence-electron chi connectivity index (χ0n) is 7.89. The Bertz CT molecular complexity index is 581. The molecular formula is C11H5Cl3N2. The van der Waals surface area contributed by atoms with Crippen molar-refractivity contribution in [1.29, 1.82) is 0 Å². The third-order valence-corrected chi connectivity index (χ3v) is 3.13. The Morgan fingerprint density at radius 2 is 1.81 bits per heavy atom. The van der Waals surface area contributed by atoms with Crippen LogP contribution in [0.2, 0.25) is 15.2 Å². The molecule has 16 heavy (non-hydrogen) atoms. The van der Waals surface area contributed by atoms with Crippen LogP contribution in [0.3, 0.4) is 0 Å². The lowest BCUT2D eigenvalue weighted by molar-refractivity contribution is 1.40.